The molecular formula is C15H24BrNO. The highest BCUT2D eigenvalue weighted by molar-refractivity contribution is 9.10. The van der Waals surface area contributed by atoms with Crippen molar-refractivity contribution in [3.05, 3.63) is 28.2 Å². The van der Waals surface area contributed by atoms with Crippen LogP contribution in [-0.4, -0.2) is 19.7 Å². The van der Waals surface area contributed by atoms with Crippen molar-refractivity contribution in [2.45, 2.75) is 45.6 Å². The lowest BCUT2D eigenvalue weighted by Gasteiger charge is -2.19. The molecule has 0 heterocycles. The van der Waals surface area contributed by atoms with Crippen LogP contribution in [0.25, 0.3) is 0 Å². The Morgan fingerprint density at radius 3 is 2.72 bits per heavy atom. The van der Waals surface area contributed by atoms with Gasteiger partial charge in [-0.2, -0.15) is 0 Å². The lowest BCUT2D eigenvalue weighted by Crippen LogP contribution is -2.31. The van der Waals surface area contributed by atoms with Gasteiger partial charge in [0, 0.05) is 10.5 Å². The molecule has 1 aromatic rings. The Hall–Kier alpha value is -0.540. The highest BCUT2D eigenvalue weighted by Gasteiger charge is 2.11. The van der Waals surface area contributed by atoms with Crippen LogP contribution in [0.3, 0.4) is 0 Å². The first-order valence-electron chi connectivity index (χ1n) is 6.77. The van der Waals surface area contributed by atoms with Gasteiger partial charge in [-0.15, -0.1) is 0 Å². The average Bonchev–Trinajstić information content (AvgIpc) is 2.36. The van der Waals surface area contributed by atoms with E-state index >= 15 is 0 Å². The number of rotatable bonds is 8. The summed E-state index contributed by atoms with van der Waals surface area (Å²) in [6, 6.07) is 6.76. The fourth-order valence-corrected chi connectivity index (χ4v) is 2.60. The van der Waals surface area contributed by atoms with Crippen LogP contribution in [0.2, 0.25) is 0 Å². The third kappa shape index (κ3) is 4.99. The summed E-state index contributed by atoms with van der Waals surface area (Å²) in [4.78, 5) is 0. The van der Waals surface area contributed by atoms with E-state index in [0.29, 0.717) is 6.04 Å². The Labute approximate surface area is 119 Å². The molecule has 0 aliphatic carbocycles. The van der Waals surface area contributed by atoms with Crippen molar-refractivity contribution in [1.29, 1.82) is 0 Å². The number of hydrogen-bond donors (Lipinski definition) is 1. The Morgan fingerprint density at radius 1 is 1.33 bits per heavy atom. The molecule has 0 amide bonds. The highest BCUT2D eigenvalue weighted by atomic mass is 79.9. The molecule has 0 saturated carbocycles. The van der Waals surface area contributed by atoms with Gasteiger partial charge >= 0.3 is 0 Å². The minimum absolute atomic E-state index is 0.540. The van der Waals surface area contributed by atoms with E-state index in [4.69, 9.17) is 4.74 Å². The third-order valence-electron chi connectivity index (χ3n) is 3.11. The Bertz CT molecular complexity index is 354. The molecule has 0 bridgehead atoms. The van der Waals surface area contributed by atoms with Crippen molar-refractivity contribution < 1.29 is 4.74 Å². The van der Waals surface area contributed by atoms with Gasteiger partial charge < -0.3 is 10.1 Å². The summed E-state index contributed by atoms with van der Waals surface area (Å²) >= 11 is 3.53. The van der Waals surface area contributed by atoms with Crippen LogP contribution in [0.5, 0.6) is 5.75 Å². The first-order chi connectivity index (χ1) is 8.71. The first-order valence-corrected chi connectivity index (χ1v) is 7.56. The molecule has 0 aromatic heterocycles. The topological polar surface area (TPSA) is 21.3 Å². The number of unbranched alkanes of at least 4 members (excludes halogenated alkanes) is 1. The number of ether oxygens (including phenoxy) is 1. The second-order valence-electron chi connectivity index (χ2n) is 4.56. The Balaban J connectivity index is 2.74. The van der Waals surface area contributed by atoms with Gasteiger partial charge in [0.2, 0.25) is 0 Å². The molecule has 102 valence electrons. The molecule has 3 heteroatoms. The maximum atomic E-state index is 5.44. The zero-order valence-electron chi connectivity index (χ0n) is 11.6. The number of halogens is 1. The van der Waals surface area contributed by atoms with Crippen molar-refractivity contribution in [2.75, 3.05) is 13.7 Å². The number of methoxy groups -OCH3 is 1. The summed E-state index contributed by atoms with van der Waals surface area (Å²) in [6.45, 7) is 5.42. The van der Waals surface area contributed by atoms with E-state index in [2.05, 4.69) is 41.2 Å². The van der Waals surface area contributed by atoms with Crippen LogP contribution in [0, 0.1) is 0 Å². The molecule has 1 N–H and O–H groups in total. The van der Waals surface area contributed by atoms with Gasteiger partial charge in [0.15, 0.2) is 0 Å². The molecular weight excluding hydrogens is 290 g/mol. The molecule has 0 fully saturated rings. The van der Waals surface area contributed by atoms with Gasteiger partial charge in [-0.05, 0) is 43.1 Å². The van der Waals surface area contributed by atoms with Crippen LogP contribution in [0.1, 0.15) is 38.7 Å². The van der Waals surface area contributed by atoms with Gasteiger partial charge in [0.1, 0.15) is 5.75 Å². The second kappa shape index (κ2) is 8.54. The van der Waals surface area contributed by atoms with E-state index in [1.165, 1.54) is 24.8 Å². The molecule has 1 aromatic carbocycles. The van der Waals surface area contributed by atoms with Gasteiger partial charge in [0.05, 0.1) is 7.11 Å². The highest BCUT2D eigenvalue weighted by Crippen LogP contribution is 2.25. The van der Waals surface area contributed by atoms with Crippen molar-refractivity contribution in [1.82, 2.24) is 5.32 Å². The van der Waals surface area contributed by atoms with Crippen molar-refractivity contribution in [3.63, 3.8) is 0 Å². The molecule has 1 atom stereocenters. The standard InChI is InChI=1S/C15H24BrNO/c1-4-6-7-14(17-5-2)11-12-10-13(16)8-9-15(12)18-3/h8-10,14,17H,4-7,11H2,1-3H3. The van der Waals surface area contributed by atoms with E-state index in [1.807, 2.05) is 12.1 Å². The fraction of sp³-hybridized carbons (Fsp3) is 0.600. The lowest BCUT2D eigenvalue weighted by molar-refractivity contribution is 0.401. The number of benzene rings is 1. The SMILES string of the molecule is CCCCC(Cc1cc(Br)ccc1OC)NCC. The molecule has 1 unspecified atom stereocenters. The van der Waals surface area contributed by atoms with Gasteiger partial charge in [0.25, 0.3) is 0 Å². The molecule has 0 saturated heterocycles. The van der Waals surface area contributed by atoms with E-state index < -0.39 is 0 Å². The molecule has 18 heavy (non-hydrogen) atoms. The summed E-state index contributed by atoms with van der Waals surface area (Å²) in [6.07, 6.45) is 4.77. The van der Waals surface area contributed by atoms with Crippen LogP contribution in [-0.2, 0) is 6.42 Å². The van der Waals surface area contributed by atoms with Gasteiger partial charge in [-0.3, -0.25) is 0 Å². The largest absolute Gasteiger partial charge is 0.496 e. The van der Waals surface area contributed by atoms with Crippen molar-refractivity contribution in [3.8, 4) is 5.75 Å². The summed E-state index contributed by atoms with van der Waals surface area (Å²) in [5, 5.41) is 3.57. The third-order valence-corrected chi connectivity index (χ3v) is 3.60. The van der Waals surface area contributed by atoms with E-state index in [-0.39, 0.29) is 0 Å². The summed E-state index contributed by atoms with van der Waals surface area (Å²) in [7, 11) is 1.74. The molecule has 0 spiro atoms. The zero-order valence-corrected chi connectivity index (χ0v) is 13.2. The maximum absolute atomic E-state index is 5.44. The smallest absolute Gasteiger partial charge is 0.122 e. The second-order valence-corrected chi connectivity index (χ2v) is 5.47. The van der Waals surface area contributed by atoms with E-state index in [0.717, 1.165) is 23.2 Å². The van der Waals surface area contributed by atoms with Crippen LogP contribution in [0.4, 0.5) is 0 Å². The zero-order chi connectivity index (χ0) is 13.4. The summed E-state index contributed by atoms with van der Waals surface area (Å²) in [5.74, 6) is 0.984. The molecule has 0 aliphatic rings. The molecule has 2 nitrogen and oxygen atoms in total. The van der Waals surface area contributed by atoms with Crippen LogP contribution < -0.4 is 10.1 Å². The van der Waals surface area contributed by atoms with Gasteiger partial charge in [-0.25, -0.2) is 0 Å². The fourth-order valence-electron chi connectivity index (χ4n) is 2.19. The van der Waals surface area contributed by atoms with Gasteiger partial charge in [-0.1, -0.05) is 42.6 Å². The van der Waals surface area contributed by atoms with Crippen LogP contribution >= 0.6 is 15.9 Å². The minimum atomic E-state index is 0.540. The van der Waals surface area contributed by atoms with E-state index in [1.54, 1.807) is 7.11 Å². The van der Waals surface area contributed by atoms with Crippen LogP contribution in [0.15, 0.2) is 22.7 Å². The quantitative estimate of drug-likeness (QED) is 0.777. The predicted molar refractivity (Wildman–Crippen MR) is 81.4 cm³/mol. The molecule has 0 aliphatic heterocycles. The molecule has 1 rings (SSSR count). The molecule has 0 radical (unpaired) electrons. The predicted octanol–water partition coefficient (Wildman–Crippen LogP) is 4.17. The maximum Gasteiger partial charge on any atom is 0.122 e. The summed E-state index contributed by atoms with van der Waals surface area (Å²) < 4.78 is 6.55. The number of likely N-dealkylation sites (N-methyl/N-ethyl adjacent to an activating group) is 1. The first kappa shape index (κ1) is 15.5. The lowest BCUT2D eigenvalue weighted by atomic mass is 10.0. The average molecular weight is 314 g/mol. The van der Waals surface area contributed by atoms with Crippen molar-refractivity contribution in [2.24, 2.45) is 0 Å². The number of nitrogens with one attached hydrogen (secondary N) is 1. The normalized spacial score (nSPS) is 12.4. The Kier molecular flexibility index (Phi) is 7.36. The number of hydrogen-bond acceptors (Lipinski definition) is 2. The van der Waals surface area contributed by atoms with Crippen molar-refractivity contribution >= 4 is 15.9 Å². The monoisotopic (exact) mass is 313 g/mol. The summed E-state index contributed by atoms with van der Waals surface area (Å²) in [5.41, 5.74) is 1.27. The minimum Gasteiger partial charge on any atom is -0.496 e. The Morgan fingerprint density at radius 2 is 2.11 bits per heavy atom. The van der Waals surface area contributed by atoms with E-state index in [9.17, 15) is 0 Å².